The van der Waals surface area contributed by atoms with Gasteiger partial charge in [-0.15, -0.1) is 0 Å². The van der Waals surface area contributed by atoms with Gasteiger partial charge in [0, 0.05) is 5.69 Å². The Morgan fingerprint density at radius 2 is 1.74 bits per heavy atom. The molecule has 0 fully saturated rings. The van der Waals surface area contributed by atoms with E-state index in [1.807, 2.05) is 0 Å². The van der Waals surface area contributed by atoms with Crippen molar-refractivity contribution in [2.75, 3.05) is 4.90 Å². The summed E-state index contributed by atoms with van der Waals surface area (Å²) in [6.07, 6.45) is -0.724. The lowest BCUT2D eigenvalue weighted by Crippen LogP contribution is -2.54. The number of amides is 1. The zero-order chi connectivity index (χ0) is 18.0. The summed E-state index contributed by atoms with van der Waals surface area (Å²) in [5, 5.41) is 9.68. The lowest BCUT2D eigenvalue weighted by Gasteiger charge is -2.37. The highest BCUT2D eigenvalue weighted by Crippen LogP contribution is 2.30. The van der Waals surface area contributed by atoms with E-state index in [9.17, 15) is 14.7 Å². The predicted molar refractivity (Wildman–Crippen MR) is 88.6 cm³/mol. The summed E-state index contributed by atoms with van der Waals surface area (Å²) in [5.41, 5.74) is -0.747. The quantitative estimate of drug-likeness (QED) is 0.919. The summed E-state index contributed by atoms with van der Waals surface area (Å²) in [5.74, 6) is -0.840. The first-order valence-electron chi connectivity index (χ1n) is 7.51. The van der Waals surface area contributed by atoms with E-state index in [0.29, 0.717) is 5.69 Å². The number of anilines is 1. The number of carbonyl (C=O) groups is 2. The van der Waals surface area contributed by atoms with Gasteiger partial charge in [-0.25, -0.2) is 19.5 Å². The van der Waals surface area contributed by atoms with Crippen molar-refractivity contribution in [1.82, 2.24) is 4.98 Å². The van der Waals surface area contributed by atoms with Gasteiger partial charge in [0.15, 0.2) is 0 Å². The first-order valence-corrected chi connectivity index (χ1v) is 7.51. The van der Waals surface area contributed by atoms with E-state index >= 15 is 0 Å². The Morgan fingerprint density at radius 1 is 1.17 bits per heavy atom. The average Bonchev–Trinajstić information content (AvgIpc) is 2.31. The van der Waals surface area contributed by atoms with Gasteiger partial charge in [0.2, 0.25) is 0 Å². The maximum atomic E-state index is 12.7. The highest BCUT2D eigenvalue weighted by molar-refractivity contribution is 5.95. The van der Waals surface area contributed by atoms with Crippen LogP contribution in [0.15, 0.2) is 18.2 Å². The first-order chi connectivity index (χ1) is 10.3. The van der Waals surface area contributed by atoms with Crippen molar-refractivity contribution in [3.05, 3.63) is 23.9 Å². The molecule has 128 valence electrons. The fourth-order valence-corrected chi connectivity index (χ4v) is 2.17. The number of pyridine rings is 1. The summed E-state index contributed by atoms with van der Waals surface area (Å²) in [4.78, 5) is 29.9. The Hall–Kier alpha value is -2.11. The van der Waals surface area contributed by atoms with Crippen molar-refractivity contribution in [2.24, 2.45) is 5.41 Å². The third-order valence-corrected chi connectivity index (χ3v) is 3.02. The second-order valence-corrected chi connectivity index (χ2v) is 7.59. The highest BCUT2D eigenvalue weighted by atomic mass is 16.6. The van der Waals surface area contributed by atoms with E-state index in [4.69, 9.17) is 4.74 Å². The van der Waals surface area contributed by atoms with Gasteiger partial charge >= 0.3 is 12.1 Å². The second kappa shape index (κ2) is 6.56. The van der Waals surface area contributed by atoms with E-state index in [0.717, 1.165) is 4.90 Å². The molecule has 23 heavy (non-hydrogen) atoms. The summed E-state index contributed by atoms with van der Waals surface area (Å²) in [6, 6.07) is 4.02. The Labute approximate surface area is 137 Å². The normalized spacial score (nSPS) is 13.3. The van der Waals surface area contributed by atoms with Crippen LogP contribution in [0.3, 0.4) is 0 Å². The zero-order valence-corrected chi connectivity index (χ0v) is 14.9. The molecule has 0 bridgehead atoms. The zero-order valence-electron chi connectivity index (χ0n) is 14.9. The molecule has 0 aliphatic heterocycles. The SMILES string of the molecule is Cc1cccc(N(C(=O)OC(C)(C)C)C(C(=O)O)C(C)(C)C)n1. The van der Waals surface area contributed by atoms with Crippen LogP contribution in [0.2, 0.25) is 0 Å². The average molecular weight is 322 g/mol. The van der Waals surface area contributed by atoms with Crippen LogP contribution in [-0.4, -0.2) is 33.8 Å². The molecule has 0 aliphatic rings. The van der Waals surface area contributed by atoms with Gasteiger partial charge in [-0.2, -0.15) is 0 Å². The lowest BCUT2D eigenvalue weighted by molar-refractivity contribution is -0.141. The van der Waals surface area contributed by atoms with Crippen LogP contribution in [0.1, 0.15) is 47.2 Å². The molecule has 1 aromatic heterocycles. The molecule has 1 N–H and O–H groups in total. The van der Waals surface area contributed by atoms with E-state index < -0.39 is 29.1 Å². The Balaban J connectivity index is 3.41. The Morgan fingerprint density at radius 3 is 2.13 bits per heavy atom. The van der Waals surface area contributed by atoms with E-state index in [2.05, 4.69) is 4.98 Å². The summed E-state index contributed by atoms with van der Waals surface area (Å²) in [7, 11) is 0. The van der Waals surface area contributed by atoms with Crippen molar-refractivity contribution >= 4 is 17.9 Å². The van der Waals surface area contributed by atoms with E-state index in [-0.39, 0.29) is 5.82 Å². The molecular weight excluding hydrogens is 296 g/mol. The maximum absolute atomic E-state index is 12.7. The number of aryl methyl sites for hydroxylation is 1. The van der Waals surface area contributed by atoms with Crippen molar-refractivity contribution in [3.63, 3.8) is 0 Å². The molecule has 0 radical (unpaired) electrons. The molecule has 0 aliphatic carbocycles. The molecule has 1 aromatic rings. The van der Waals surface area contributed by atoms with E-state index in [1.54, 1.807) is 66.7 Å². The number of ether oxygens (including phenoxy) is 1. The highest BCUT2D eigenvalue weighted by Gasteiger charge is 2.42. The van der Waals surface area contributed by atoms with E-state index in [1.165, 1.54) is 0 Å². The fourth-order valence-electron chi connectivity index (χ4n) is 2.17. The number of aliphatic carboxylic acids is 1. The van der Waals surface area contributed by atoms with Gasteiger partial charge in [0.05, 0.1) is 0 Å². The minimum absolute atomic E-state index is 0.265. The third-order valence-electron chi connectivity index (χ3n) is 3.02. The summed E-state index contributed by atoms with van der Waals surface area (Å²) >= 11 is 0. The minimum Gasteiger partial charge on any atom is -0.480 e. The largest absolute Gasteiger partial charge is 0.480 e. The molecule has 6 nitrogen and oxygen atoms in total. The molecule has 1 heterocycles. The molecule has 6 heteroatoms. The fraction of sp³-hybridized carbons (Fsp3) is 0.588. The van der Waals surface area contributed by atoms with Crippen LogP contribution < -0.4 is 4.90 Å². The predicted octanol–water partition coefficient (Wildman–Crippen LogP) is 3.63. The molecule has 0 spiro atoms. The molecule has 0 saturated carbocycles. The third kappa shape index (κ3) is 5.23. The molecule has 1 amide bonds. The lowest BCUT2D eigenvalue weighted by atomic mass is 9.85. The number of hydrogen-bond acceptors (Lipinski definition) is 4. The first kappa shape index (κ1) is 18.9. The van der Waals surface area contributed by atoms with Crippen molar-refractivity contribution < 1.29 is 19.4 Å². The van der Waals surface area contributed by atoms with Gasteiger partial charge in [0.25, 0.3) is 0 Å². The van der Waals surface area contributed by atoms with Crippen molar-refractivity contribution in [1.29, 1.82) is 0 Å². The molecule has 1 unspecified atom stereocenters. The number of nitrogens with zero attached hydrogens (tertiary/aromatic N) is 2. The molecule has 0 aromatic carbocycles. The monoisotopic (exact) mass is 322 g/mol. The van der Waals surface area contributed by atoms with Crippen LogP contribution in [0.25, 0.3) is 0 Å². The number of aromatic nitrogens is 1. The number of hydrogen-bond donors (Lipinski definition) is 1. The summed E-state index contributed by atoms with van der Waals surface area (Å²) in [6.45, 7) is 12.3. The van der Waals surface area contributed by atoms with Crippen molar-refractivity contribution in [2.45, 2.75) is 60.1 Å². The van der Waals surface area contributed by atoms with Gasteiger partial charge in [-0.05, 0) is 45.2 Å². The van der Waals surface area contributed by atoms with Gasteiger partial charge in [0.1, 0.15) is 17.5 Å². The van der Waals surface area contributed by atoms with Crippen LogP contribution >= 0.6 is 0 Å². The standard InChI is InChI=1S/C17H26N2O4/c1-11-9-8-10-12(18-11)19(15(22)23-17(5,6)7)13(14(20)21)16(2,3)4/h8-10,13H,1-7H3,(H,20,21). The number of rotatable bonds is 3. The Bertz CT molecular complexity index is 585. The number of carbonyl (C=O) groups excluding carboxylic acids is 1. The second-order valence-electron chi connectivity index (χ2n) is 7.59. The number of carboxylic acids is 1. The summed E-state index contributed by atoms with van der Waals surface area (Å²) < 4.78 is 5.40. The Kier molecular flexibility index (Phi) is 5.40. The molecule has 0 saturated heterocycles. The van der Waals surface area contributed by atoms with Gasteiger partial charge < -0.3 is 9.84 Å². The maximum Gasteiger partial charge on any atom is 0.416 e. The molecule has 1 rings (SSSR count). The van der Waals surface area contributed by atoms with Gasteiger partial charge in [-0.1, -0.05) is 26.8 Å². The molecular formula is C17H26N2O4. The van der Waals surface area contributed by atoms with Gasteiger partial charge in [-0.3, -0.25) is 0 Å². The van der Waals surface area contributed by atoms with Crippen LogP contribution in [0.5, 0.6) is 0 Å². The van der Waals surface area contributed by atoms with Crippen LogP contribution in [-0.2, 0) is 9.53 Å². The molecule has 1 atom stereocenters. The van der Waals surface area contributed by atoms with Crippen LogP contribution in [0, 0.1) is 12.3 Å². The van der Waals surface area contributed by atoms with Crippen molar-refractivity contribution in [3.8, 4) is 0 Å². The smallest absolute Gasteiger partial charge is 0.416 e. The van der Waals surface area contributed by atoms with Crippen LogP contribution in [0.4, 0.5) is 10.6 Å². The topological polar surface area (TPSA) is 79.7 Å². The minimum atomic E-state index is -1.10. The number of carboxylic acid groups (broad SMARTS) is 1.